The Hall–Kier alpha value is -1.42. The highest BCUT2D eigenvalue weighted by Gasteiger charge is 2.52. The predicted octanol–water partition coefficient (Wildman–Crippen LogP) is 4.35. The Labute approximate surface area is 172 Å². The molecule has 2 saturated heterocycles. The highest BCUT2D eigenvalue weighted by molar-refractivity contribution is 7.99. The standard InChI is InChI=1S/C21H28N4S2/c1-20(2,3)23-18-17(24-10-12-27-13-11-24)21(4,5)19(26)25(18)16-8-6-15(14-22)7-9-16/h6-9,17H,10-13H2,1-5H3/t17-/m0/s1. The van der Waals surface area contributed by atoms with E-state index in [-0.39, 0.29) is 17.0 Å². The van der Waals surface area contributed by atoms with Crippen LogP contribution in [0.2, 0.25) is 0 Å². The van der Waals surface area contributed by atoms with Gasteiger partial charge >= 0.3 is 0 Å². The van der Waals surface area contributed by atoms with Crippen LogP contribution in [0.1, 0.15) is 40.2 Å². The van der Waals surface area contributed by atoms with E-state index in [1.165, 1.54) is 0 Å². The minimum atomic E-state index is -0.195. The Morgan fingerprint density at radius 3 is 2.30 bits per heavy atom. The van der Waals surface area contributed by atoms with E-state index in [0.717, 1.165) is 41.1 Å². The van der Waals surface area contributed by atoms with Gasteiger partial charge in [-0.05, 0) is 45.0 Å². The van der Waals surface area contributed by atoms with Crippen molar-refractivity contribution in [1.82, 2.24) is 4.90 Å². The summed E-state index contributed by atoms with van der Waals surface area (Å²) in [5.41, 5.74) is 1.26. The molecule has 0 amide bonds. The predicted molar refractivity (Wildman–Crippen MR) is 120 cm³/mol. The molecule has 2 aliphatic rings. The lowest BCUT2D eigenvalue weighted by atomic mass is 9.85. The molecule has 2 heterocycles. The molecular formula is C21H28N4S2. The van der Waals surface area contributed by atoms with Crippen molar-refractivity contribution in [1.29, 1.82) is 5.26 Å². The Morgan fingerprint density at radius 2 is 1.78 bits per heavy atom. The zero-order chi connectivity index (χ0) is 19.8. The van der Waals surface area contributed by atoms with E-state index in [9.17, 15) is 0 Å². The smallest absolute Gasteiger partial charge is 0.127 e. The minimum absolute atomic E-state index is 0.167. The molecule has 0 saturated carbocycles. The third-order valence-electron chi connectivity index (χ3n) is 5.03. The summed E-state index contributed by atoms with van der Waals surface area (Å²) in [4.78, 5) is 10.8. The molecule has 1 aromatic carbocycles. The Morgan fingerprint density at radius 1 is 1.19 bits per heavy atom. The third-order valence-corrected chi connectivity index (χ3v) is 6.68. The zero-order valence-corrected chi connectivity index (χ0v) is 18.5. The molecule has 0 aliphatic carbocycles. The van der Waals surface area contributed by atoms with Crippen molar-refractivity contribution in [2.45, 2.75) is 46.2 Å². The fraction of sp³-hybridized carbons (Fsp3) is 0.571. The van der Waals surface area contributed by atoms with Gasteiger partial charge in [-0.3, -0.25) is 14.8 Å². The highest BCUT2D eigenvalue weighted by atomic mass is 32.2. The molecule has 0 radical (unpaired) electrons. The number of nitriles is 1. The number of thiocarbonyl (C=S) groups is 1. The maximum atomic E-state index is 9.12. The van der Waals surface area contributed by atoms with E-state index >= 15 is 0 Å². The number of hydrogen-bond donors (Lipinski definition) is 0. The largest absolute Gasteiger partial charge is 0.291 e. The molecule has 1 atom stereocenters. The molecule has 3 rings (SSSR count). The first-order valence-corrected chi connectivity index (χ1v) is 11.0. The summed E-state index contributed by atoms with van der Waals surface area (Å²) in [7, 11) is 0. The lowest BCUT2D eigenvalue weighted by Gasteiger charge is -2.38. The maximum absolute atomic E-state index is 9.12. The average Bonchev–Trinajstić information content (AvgIpc) is 2.80. The van der Waals surface area contributed by atoms with Crippen LogP contribution in [0.5, 0.6) is 0 Å². The van der Waals surface area contributed by atoms with Gasteiger partial charge in [0, 0.05) is 35.7 Å². The summed E-state index contributed by atoms with van der Waals surface area (Å²) >= 11 is 8.00. The van der Waals surface area contributed by atoms with Crippen molar-refractivity contribution in [3.8, 4) is 6.07 Å². The van der Waals surface area contributed by atoms with Gasteiger partial charge < -0.3 is 0 Å². The molecule has 144 valence electrons. The van der Waals surface area contributed by atoms with Gasteiger partial charge in [-0.15, -0.1) is 0 Å². The second-order valence-electron chi connectivity index (χ2n) is 8.71. The van der Waals surface area contributed by atoms with Crippen LogP contribution in [0.25, 0.3) is 0 Å². The van der Waals surface area contributed by atoms with Crippen LogP contribution in [-0.4, -0.2) is 51.9 Å². The molecule has 4 nitrogen and oxygen atoms in total. The molecule has 0 spiro atoms. The number of amidine groups is 1. The van der Waals surface area contributed by atoms with Gasteiger partial charge in [0.1, 0.15) is 5.84 Å². The number of benzene rings is 1. The first kappa shape index (κ1) is 20.3. The molecule has 2 fully saturated rings. The molecule has 27 heavy (non-hydrogen) atoms. The van der Waals surface area contributed by atoms with Gasteiger partial charge in [0.25, 0.3) is 0 Å². The van der Waals surface area contributed by atoms with Crippen molar-refractivity contribution in [2.75, 3.05) is 29.5 Å². The lowest BCUT2D eigenvalue weighted by Crippen LogP contribution is -2.51. The first-order chi connectivity index (χ1) is 12.6. The van der Waals surface area contributed by atoms with Crippen molar-refractivity contribution < 1.29 is 0 Å². The average molecular weight is 401 g/mol. The normalized spacial score (nSPS) is 25.0. The third kappa shape index (κ3) is 4.06. The minimum Gasteiger partial charge on any atom is -0.291 e. The Kier molecular flexibility index (Phi) is 5.67. The number of anilines is 1. The summed E-state index contributed by atoms with van der Waals surface area (Å²) in [5, 5.41) is 9.12. The van der Waals surface area contributed by atoms with Gasteiger partial charge in [-0.1, -0.05) is 26.1 Å². The van der Waals surface area contributed by atoms with Crippen molar-refractivity contribution >= 4 is 40.5 Å². The van der Waals surface area contributed by atoms with Gasteiger partial charge in [-0.25, -0.2) is 0 Å². The van der Waals surface area contributed by atoms with Crippen LogP contribution < -0.4 is 4.90 Å². The summed E-state index contributed by atoms with van der Waals surface area (Å²) in [6.45, 7) is 13.0. The summed E-state index contributed by atoms with van der Waals surface area (Å²) in [6, 6.07) is 10.0. The van der Waals surface area contributed by atoms with E-state index in [1.54, 1.807) is 0 Å². The second kappa shape index (κ2) is 7.54. The molecule has 2 aliphatic heterocycles. The van der Waals surface area contributed by atoms with Crippen LogP contribution in [-0.2, 0) is 0 Å². The van der Waals surface area contributed by atoms with Crippen LogP contribution in [0.15, 0.2) is 29.3 Å². The van der Waals surface area contributed by atoms with E-state index < -0.39 is 0 Å². The van der Waals surface area contributed by atoms with Gasteiger partial charge in [0.15, 0.2) is 0 Å². The number of hydrogen-bond acceptors (Lipinski definition) is 5. The number of aliphatic imine (C=N–C) groups is 1. The topological polar surface area (TPSA) is 42.6 Å². The molecule has 0 unspecified atom stereocenters. The highest BCUT2D eigenvalue weighted by Crippen LogP contribution is 2.41. The zero-order valence-electron chi connectivity index (χ0n) is 16.8. The fourth-order valence-corrected chi connectivity index (χ4v) is 5.04. The van der Waals surface area contributed by atoms with Gasteiger partial charge in [0.2, 0.25) is 0 Å². The van der Waals surface area contributed by atoms with E-state index in [2.05, 4.69) is 50.5 Å². The second-order valence-corrected chi connectivity index (χ2v) is 10.3. The van der Waals surface area contributed by atoms with E-state index in [0.29, 0.717) is 5.56 Å². The fourth-order valence-electron chi connectivity index (χ4n) is 3.80. The first-order valence-electron chi connectivity index (χ1n) is 9.41. The van der Waals surface area contributed by atoms with Crippen LogP contribution in [0, 0.1) is 16.7 Å². The number of rotatable bonds is 2. The van der Waals surface area contributed by atoms with Crippen LogP contribution in [0.3, 0.4) is 0 Å². The van der Waals surface area contributed by atoms with Crippen molar-refractivity contribution in [3.05, 3.63) is 29.8 Å². The van der Waals surface area contributed by atoms with E-state index in [1.807, 2.05) is 36.0 Å². The molecular weight excluding hydrogens is 372 g/mol. The summed E-state index contributed by atoms with van der Waals surface area (Å²) in [6.07, 6.45) is 0. The summed E-state index contributed by atoms with van der Waals surface area (Å²) in [5.74, 6) is 3.34. The molecule has 6 heteroatoms. The molecule has 1 aromatic rings. The lowest BCUT2D eigenvalue weighted by molar-refractivity contribution is 0.201. The molecule has 0 aromatic heterocycles. The molecule has 0 N–H and O–H groups in total. The summed E-state index contributed by atoms with van der Waals surface area (Å²) < 4.78 is 0. The monoisotopic (exact) mass is 400 g/mol. The molecule has 0 bridgehead atoms. The van der Waals surface area contributed by atoms with Crippen LogP contribution in [0.4, 0.5) is 5.69 Å². The Balaban J connectivity index is 2.11. The SMILES string of the molecule is CC(C)(C)N=C1[C@H](N2CCSCC2)C(C)(C)C(=S)N1c1ccc(C#N)cc1. The van der Waals surface area contributed by atoms with Crippen LogP contribution >= 0.6 is 24.0 Å². The van der Waals surface area contributed by atoms with Crippen molar-refractivity contribution in [2.24, 2.45) is 10.4 Å². The number of thioether (sulfide) groups is 1. The number of nitrogens with zero attached hydrogens (tertiary/aromatic N) is 4. The van der Waals surface area contributed by atoms with Gasteiger partial charge in [-0.2, -0.15) is 17.0 Å². The Bertz CT molecular complexity index is 778. The quantitative estimate of drug-likeness (QED) is 0.691. The van der Waals surface area contributed by atoms with Crippen molar-refractivity contribution in [3.63, 3.8) is 0 Å². The van der Waals surface area contributed by atoms with E-state index in [4.69, 9.17) is 22.5 Å². The van der Waals surface area contributed by atoms with Gasteiger partial charge in [0.05, 0.1) is 28.2 Å². The maximum Gasteiger partial charge on any atom is 0.127 e.